The molecule has 0 saturated carbocycles. The van der Waals surface area contributed by atoms with Crippen LogP contribution in [0.4, 0.5) is 22.9 Å². The van der Waals surface area contributed by atoms with Crippen LogP contribution in [0.2, 0.25) is 0 Å². The van der Waals surface area contributed by atoms with E-state index in [0.717, 1.165) is 5.56 Å². The van der Waals surface area contributed by atoms with Gasteiger partial charge in [-0.05, 0) is 18.2 Å². The molecule has 4 aromatic rings. The SMILES string of the molecule is CONC(=O)c1cnc(Nc2cccnc2OC)cc1Nc1cccc(-c2cnn(C)c2)c1C#N. The maximum Gasteiger partial charge on any atom is 0.278 e. The Morgan fingerprint density at radius 2 is 1.89 bits per heavy atom. The number of ether oxygens (including phenoxy) is 1. The Morgan fingerprint density at radius 3 is 2.60 bits per heavy atom. The van der Waals surface area contributed by atoms with E-state index in [1.807, 2.05) is 18.3 Å². The molecule has 0 aliphatic rings. The van der Waals surface area contributed by atoms with Crippen LogP contribution >= 0.6 is 0 Å². The first kappa shape index (κ1) is 23.2. The second kappa shape index (κ2) is 10.3. The van der Waals surface area contributed by atoms with Crippen molar-refractivity contribution in [3.05, 3.63) is 72.3 Å². The summed E-state index contributed by atoms with van der Waals surface area (Å²) in [5.41, 5.74) is 5.93. The predicted molar refractivity (Wildman–Crippen MR) is 129 cm³/mol. The molecule has 1 aromatic carbocycles. The van der Waals surface area contributed by atoms with Crippen LogP contribution in [0.15, 0.2) is 61.2 Å². The molecule has 0 radical (unpaired) electrons. The Labute approximate surface area is 201 Å². The number of benzene rings is 1. The van der Waals surface area contributed by atoms with Gasteiger partial charge in [-0.2, -0.15) is 10.4 Å². The summed E-state index contributed by atoms with van der Waals surface area (Å²) >= 11 is 0. The molecular weight excluding hydrogens is 448 g/mol. The van der Waals surface area contributed by atoms with Crippen LogP contribution in [-0.4, -0.2) is 39.9 Å². The van der Waals surface area contributed by atoms with Gasteiger partial charge in [0.15, 0.2) is 0 Å². The molecule has 0 atom stereocenters. The van der Waals surface area contributed by atoms with E-state index in [9.17, 15) is 10.1 Å². The van der Waals surface area contributed by atoms with Crippen LogP contribution in [0.1, 0.15) is 15.9 Å². The largest absolute Gasteiger partial charge is 0.480 e. The van der Waals surface area contributed by atoms with Gasteiger partial charge in [-0.15, -0.1) is 0 Å². The van der Waals surface area contributed by atoms with Crippen LogP contribution in [0.5, 0.6) is 5.88 Å². The van der Waals surface area contributed by atoms with Crippen LogP contribution in [0.3, 0.4) is 0 Å². The molecular formula is C24H22N8O3. The molecule has 4 rings (SSSR count). The number of hydrogen-bond donors (Lipinski definition) is 3. The van der Waals surface area contributed by atoms with Gasteiger partial charge in [0.2, 0.25) is 5.88 Å². The van der Waals surface area contributed by atoms with Gasteiger partial charge in [0.05, 0.1) is 42.9 Å². The molecule has 0 fully saturated rings. The van der Waals surface area contributed by atoms with E-state index in [-0.39, 0.29) is 5.56 Å². The fourth-order valence-electron chi connectivity index (χ4n) is 3.47. The zero-order valence-corrected chi connectivity index (χ0v) is 19.2. The summed E-state index contributed by atoms with van der Waals surface area (Å²) < 4.78 is 6.95. The summed E-state index contributed by atoms with van der Waals surface area (Å²) in [6.45, 7) is 0. The second-order valence-electron chi connectivity index (χ2n) is 7.30. The summed E-state index contributed by atoms with van der Waals surface area (Å²) in [7, 11) is 4.67. The zero-order chi connectivity index (χ0) is 24.8. The monoisotopic (exact) mass is 470 g/mol. The Hall–Kier alpha value is -4.95. The van der Waals surface area contributed by atoms with Crippen LogP contribution in [-0.2, 0) is 11.9 Å². The number of nitrogens with zero attached hydrogens (tertiary/aromatic N) is 5. The maximum atomic E-state index is 12.6. The second-order valence-corrected chi connectivity index (χ2v) is 7.30. The zero-order valence-electron chi connectivity index (χ0n) is 19.2. The van der Waals surface area contributed by atoms with Gasteiger partial charge >= 0.3 is 0 Å². The summed E-state index contributed by atoms with van der Waals surface area (Å²) in [4.78, 5) is 25.9. The van der Waals surface area contributed by atoms with Crippen molar-refractivity contribution >= 4 is 28.8 Å². The minimum atomic E-state index is -0.505. The van der Waals surface area contributed by atoms with E-state index in [2.05, 4.69) is 37.2 Å². The third kappa shape index (κ3) is 5.02. The highest BCUT2D eigenvalue weighted by molar-refractivity contribution is 6.00. The Morgan fingerprint density at radius 1 is 1.06 bits per heavy atom. The molecule has 3 N–H and O–H groups in total. The molecule has 0 spiro atoms. The smallest absolute Gasteiger partial charge is 0.278 e. The summed E-state index contributed by atoms with van der Waals surface area (Å²) in [6, 6.07) is 12.9. The normalized spacial score (nSPS) is 10.3. The van der Waals surface area contributed by atoms with Gasteiger partial charge < -0.3 is 15.4 Å². The van der Waals surface area contributed by atoms with Gasteiger partial charge in [0, 0.05) is 42.8 Å². The first-order valence-corrected chi connectivity index (χ1v) is 10.4. The van der Waals surface area contributed by atoms with Crippen molar-refractivity contribution in [3.63, 3.8) is 0 Å². The van der Waals surface area contributed by atoms with Crippen molar-refractivity contribution in [2.45, 2.75) is 0 Å². The standard InChI is InChI=1S/C24H22N8O3/c1-32-14-15(12-28-32)16-6-4-7-19(17(16)11-25)29-21-10-22(27-13-18(21)23(33)31-35-3)30-20-8-5-9-26-24(20)34-2/h4-10,12-14H,1-3H3,(H,31,33)(H2,27,29,30). The molecule has 0 bridgehead atoms. The van der Waals surface area contributed by atoms with E-state index in [4.69, 9.17) is 9.57 Å². The average molecular weight is 470 g/mol. The number of pyridine rings is 2. The number of anilines is 4. The number of carbonyl (C=O) groups excluding carboxylic acids is 1. The number of amides is 1. The number of hydrogen-bond acceptors (Lipinski definition) is 9. The Balaban J connectivity index is 1.76. The van der Waals surface area contributed by atoms with E-state index < -0.39 is 5.91 Å². The fraction of sp³-hybridized carbons (Fsp3) is 0.125. The van der Waals surface area contributed by atoms with Gasteiger partial charge in [0.1, 0.15) is 17.6 Å². The third-order valence-corrected chi connectivity index (χ3v) is 5.03. The summed E-state index contributed by atoms with van der Waals surface area (Å²) in [5, 5.41) is 20.5. The average Bonchev–Trinajstić information content (AvgIpc) is 3.30. The molecule has 0 saturated heterocycles. The number of hydroxylamine groups is 1. The molecule has 0 aliphatic carbocycles. The lowest BCUT2D eigenvalue weighted by atomic mass is 10.0. The minimum Gasteiger partial charge on any atom is -0.480 e. The Bertz CT molecular complexity index is 1410. The van der Waals surface area contributed by atoms with Crippen molar-refractivity contribution in [2.24, 2.45) is 7.05 Å². The first-order valence-electron chi connectivity index (χ1n) is 10.4. The van der Waals surface area contributed by atoms with Crippen molar-refractivity contribution in [1.29, 1.82) is 5.26 Å². The van der Waals surface area contributed by atoms with Crippen molar-refractivity contribution < 1.29 is 14.4 Å². The number of nitriles is 1. The van der Waals surface area contributed by atoms with Crippen LogP contribution in [0, 0.1) is 11.3 Å². The fourth-order valence-corrected chi connectivity index (χ4v) is 3.47. The van der Waals surface area contributed by atoms with Crippen LogP contribution < -0.4 is 20.9 Å². The number of aromatic nitrogens is 4. The van der Waals surface area contributed by atoms with E-state index in [1.165, 1.54) is 20.4 Å². The molecule has 11 nitrogen and oxygen atoms in total. The highest BCUT2D eigenvalue weighted by Gasteiger charge is 2.17. The third-order valence-electron chi connectivity index (χ3n) is 5.03. The van der Waals surface area contributed by atoms with Crippen LogP contribution in [0.25, 0.3) is 11.1 Å². The number of nitrogens with one attached hydrogen (secondary N) is 3. The summed E-state index contributed by atoms with van der Waals surface area (Å²) in [5.74, 6) is 0.311. The van der Waals surface area contributed by atoms with Gasteiger partial charge in [-0.3, -0.25) is 14.3 Å². The quantitative estimate of drug-likeness (QED) is 0.330. The van der Waals surface area contributed by atoms with Crippen molar-refractivity contribution in [2.75, 3.05) is 24.9 Å². The number of methoxy groups -OCH3 is 1. The van der Waals surface area contributed by atoms with Gasteiger partial charge in [-0.1, -0.05) is 12.1 Å². The van der Waals surface area contributed by atoms with Gasteiger partial charge in [-0.25, -0.2) is 15.4 Å². The highest BCUT2D eigenvalue weighted by Crippen LogP contribution is 2.33. The summed E-state index contributed by atoms with van der Waals surface area (Å²) in [6.07, 6.45) is 6.53. The number of carbonyl (C=O) groups is 1. The lowest BCUT2D eigenvalue weighted by Gasteiger charge is -2.16. The maximum absolute atomic E-state index is 12.6. The molecule has 3 heterocycles. The van der Waals surface area contributed by atoms with E-state index >= 15 is 0 Å². The lowest BCUT2D eigenvalue weighted by molar-refractivity contribution is 0.0538. The molecule has 0 unspecified atom stereocenters. The molecule has 3 aromatic heterocycles. The predicted octanol–water partition coefficient (Wildman–Crippen LogP) is 3.54. The van der Waals surface area contributed by atoms with Gasteiger partial charge in [0.25, 0.3) is 5.91 Å². The molecule has 11 heteroatoms. The molecule has 35 heavy (non-hydrogen) atoms. The van der Waals surface area contributed by atoms with Crippen molar-refractivity contribution in [1.82, 2.24) is 25.2 Å². The minimum absolute atomic E-state index is 0.214. The van der Waals surface area contributed by atoms with E-state index in [0.29, 0.717) is 39.9 Å². The highest BCUT2D eigenvalue weighted by atomic mass is 16.6. The topological polar surface area (TPSA) is 139 Å². The number of aryl methyl sites for hydroxylation is 1. The lowest BCUT2D eigenvalue weighted by Crippen LogP contribution is -2.23. The molecule has 1 amide bonds. The Kier molecular flexibility index (Phi) is 6.85. The van der Waals surface area contributed by atoms with E-state index in [1.54, 1.807) is 48.4 Å². The molecule has 0 aliphatic heterocycles. The first-order chi connectivity index (χ1) is 17.0. The molecule has 176 valence electrons. The van der Waals surface area contributed by atoms with Crippen molar-refractivity contribution in [3.8, 4) is 23.1 Å². The number of rotatable bonds is 8.